The SMILES string of the molecule is O=C(O[C@@H](Cc1c(Cl)c[nH+]cc1Cl)c1ccc(OC(F)F)c(OCC2CC2)c1)[C@@H]1SCCN1S(=O)(=O)CCc1ccccc1. The number of sulfonamides is 1. The lowest BCUT2D eigenvalue weighted by Crippen LogP contribution is -2.42. The number of thioether (sulfide) groups is 1. The normalized spacial score (nSPS) is 17.9. The zero-order valence-corrected chi connectivity index (χ0v) is 26.6. The van der Waals surface area contributed by atoms with Gasteiger partial charge in [0.15, 0.2) is 29.3 Å². The molecule has 2 fully saturated rings. The van der Waals surface area contributed by atoms with E-state index < -0.39 is 34.1 Å². The Hall–Kier alpha value is -2.64. The lowest BCUT2D eigenvalue weighted by molar-refractivity contribution is -0.377. The summed E-state index contributed by atoms with van der Waals surface area (Å²) in [4.78, 5) is 16.5. The summed E-state index contributed by atoms with van der Waals surface area (Å²) in [5, 5.41) is -0.510. The highest BCUT2D eigenvalue weighted by Gasteiger charge is 2.41. The number of alkyl halides is 2. The molecule has 5 rings (SSSR count). The summed E-state index contributed by atoms with van der Waals surface area (Å²) >= 11 is 14.0. The highest BCUT2D eigenvalue weighted by molar-refractivity contribution is 8.02. The van der Waals surface area contributed by atoms with Crippen LogP contribution in [0.1, 0.15) is 35.6 Å². The highest BCUT2D eigenvalue weighted by Crippen LogP contribution is 2.39. The number of halogens is 4. The Labute approximate surface area is 269 Å². The smallest absolute Gasteiger partial charge is 0.387 e. The van der Waals surface area contributed by atoms with E-state index in [0.717, 1.165) is 18.4 Å². The van der Waals surface area contributed by atoms with E-state index in [1.54, 1.807) is 0 Å². The Balaban J connectivity index is 1.40. The molecule has 0 unspecified atom stereocenters. The summed E-state index contributed by atoms with van der Waals surface area (Å²) in [5.41, 5.74) is 1.76. The summed E-state index contributed by atoms with van der Waals surface area (Å²) in [6.45, 7) is -2.57. The van der Waals surface area contributed by atoms with Crippen LogP contribution in [-0.2, 0) is 32.4 Å². The van der Waals surface area contributed by atoms with E-state index >= 15 is 0 Å². The number of hydrogen-bond donors (Lipinski definition) is 0. The summed E-state index contributed by atoms with van der Waals surface area (Å²) in [7, 11) is -3.80. The van der Waals surface area contributed by atoms with Gasteiger partial charge < -0.3 is 14.2 Å². The van der Waals surface area contributed by atoms with Gasteiger partial charge in [-0.25, -0.2) is 18.2 Å². The van der Waals surface area contributed by atoms with Crippen molar-refractivity contribution >= 4 is 51.0 Å². The summed E-state index contributed by atoms with van der Waals surface area (Å²) < 4.78 is 70.6. The number of hydrogen-bond acceptors (Lipinski definition) is 7. The molecule has 0 bridgehead atoms. The number of nitrogens with zero attached hydrogens (tertiary/aromatic N) is 1. The summed E-state index contributed by atoms with van der Waals surface area (Å²) in [6, 6.07) is 13.5. The quantitative estimate of drug-likeness (QED) is 0.193. The molecule has 2 atom stereocenters. The summed E-state index contributed by atoms with van der Waals surface area (Å²) in [5.74, 6) is -0.247. The first-order valence-electron chi connectivity index (χ1n) is 14.0. The molecule has 0 amide bonds. The number of H-pyrrole nitrogens is 1. The third kappa shape index (κ3) is 8.54. The fourth-order valence-electron chi connectivity index (χ4n) is 4.74. The molecule has 1 N–H and O–H groups in total. The van der Waals surface area contributed by atoms with Crippen LogP contribution in [-0.4, -0.2) is 55.3 Å². The second-order valence-electron chi connectivity index (χ2n) is 10.5. The van der Waals surface area contributed by atoms with Crippen LogP contribution in [0.15, 0.2) is 60.9 Å². The molecule has 236 valence electrons. The average Bonchev–Trinajstić information content (AvgIpc) is 3.69. The predicted octanol–water partition coefficient (Wildman–Crippen LogP) is 5.97. The number of aryl methyl sites for hydroxylation is 1. The van der Waals surface area contributed by atoms with Crippen LogP contribution in [0, 0.1) is 5.92 Å². The van der Waals surface area contributed by atoms with Gasteiger partial charge in [-0.05, 0) is 48.4 Å². The minimum atomic E-state index is -3.80. The maximum atomic E-state index is 13.7. The lowest BCUT2D eigenvalue weighted by Gasteiger charge is -2.26. The van der Waals surface area contributed by atoms with Crippen molar-refractivity contribution < 1.29 is 41.2 Å². The zero-order chi connectivity index (χ0) is 31.3. The number of ether oxygens (including phenoxy) is 3. The Morgan fingerprint density at radius 1 is 1.07 bits per heavy atom. The molecule has 2 heterocycles. The van der Waals surface area contributed by atoms with Crippen LogP contribution in [0.25, 0.3) is 0 Å². The number of carbonyl (C=O) groups is 1. The molecule has 1 saturated carbocycles. The van der Waals surface area contributed by atoms with E-state index in [1.165, 1.54) is 46.7 Å². The lowest BCUT2D eigenvalue weighted by atomic mass is 10.0. The number of pyridine rings is 1. The Morgan fingerprint density at radius 2 is 1.80 bits per heavy atom. The number of nitrogens with one attached hydrogen (secondary N) is 1. The number of benzene rings is 2. The molecule has 1 aliphatic carbocycles. The number of aromatic amines is 1. The van der Waals surface area contributed by atoms with Gasteiger partial charge in [0.05, 0.1) is 12.4 Å². The highest BCUT2D eigenvalue weighted by atomic mass is 35.5. The minimum Gasteiger partial charge on any atom is -0.489 e. The predicted molar refractivity (Wildman–Crippen MR) is 164 cm³/mol. The van der Waals surface area contributed by atoms with Crippen LogP contribution >= 0.6 is 35.0 Å². The van der Waals surface area contributed by atoms with Gasteiger partial charge in [-0.1, -0.05) is 59.6 Å². The molecule has 2 aromatic carbocycles. The van der Waals surface area contributed by atoms with Crippen molar-refractivity contribution in [2.75, 3.05) is 24.7 Å². The molecular weight excluding hydrogens is 657 g/mol. The molecule has 1 aliphatic heterocycles. The van der Waals surface area contributed by atoms with Gasteiger partial charge in [0, 0.05) is 24.3 Å². The fraction of sp³-hybridized carbons (Fsp3) is 0.400. The van der Waals surface area contributed by atoms with Gasteiger partial charge in [0.25, 0.3) is 0 Å². The van der Waals surface area contributed by atoms with Crippen LogP contribution in [0.5, 0.6) is 11.5 Å². The molecule has 44 heavy (non-hydrogen) atoms. The van der Waals surface area contributed by atoms with Crippen molar-refractivity contribution in [3.63, 3.8) is 0 Å². The van der Waals surface area contributed by atoms with Crippen LogP contribution in [0.2, 0.25) is 10.0 Å². The van der Waals surface area contributed by atoms with Crippen molar-refractivity contribution in [2.24, 2.45) is 5.92 Å². The first-order valence-corrected chi connectivity index (χ1v) is 17.4. The molecule has 3 aromatic rings. The van der Waals surface area contributed by atoms with Crippen molar-refractivity contribution in [1.29, 1.82) is 0 Å². The minimum absolute atomic E-state index is 0.0212. The molecule has 2 aliphatic rings. The topological polar surface area (TPSA) is 96.3 Å². The largest absolute Gasteiger partial charge is 0.489 e. The summed E-state index contributed by atoms with van der Waals surface area (Å²) in [6.07, 6.45) is 4.33. The van der Waals surface area contributed by atoms with E-state index in [0.29, 0.717) is 45.9 Å². The number of carbonyl (C=O) groups excluding carboxylic acids is 1. The van der Waals surface area contributed by atoms with E-state index in [1.807, 2.05) is 30.3 Å². The maximum Gasteiger partial charge on any atom is 0.387 e. The number of aromatic nitrogens is 1. The molecule has 1 aromatic heterocycles. The van der Waals surface area contributed by atoms with Crippen molar-refractivity contribution in [1.82, 2.24) is 4.31 Å². The van der Waals surface area contributed by atoms with Crippen LogP contribution < -0.4 is 14.5 Å². The first kappa shape index (κ1) is 32.7. The van der Waals surface area contributed by atoms with Gasteiger partial charge in [0.2, 0.25) is 10.0 Å². The average molecular weight is 689 g/mol. The van der Waals surface area contributed by atoms with Gasteiger partial charge in [-0.2, -0.15) is 13.1 Å². The van der Waals surface area contributed by atoms with Crippen molar-refractivity contribution in [2.45, 2.75) is 43.8 Å². The monoisotopic (exact) mass is 687 g/mol. The molecule has 1 saturated heterocycles. The van der Waals surface area contributed by atoms with Gasteiger partial charge >= 0.3 is 12.6 Å². The first-order chi connectivity index (χ1) is 21.1. The maximum absolute atomic E-state index is 13.7. The standard InChI is InChI=1S/C30H30Cl2F2N2O6S2/c31-23-16-35-17-24(32)22(23)15-26(21-8-9-25(42-30(33)34)27(14-21)40-18-20-6-7-20)41-29(37)28-36(11-12-43-28)44(38,39)13-10-19-4-2-1-3-5-19/h1-5,8-9,14,16-17,20,26,28,30H,6-7,10-13,15,18H2/p+1/t26-,28-/m0/s1. The van der Waals surface area contributed by atoms with E-state index in [9.17, 15) is 22.0 Å². The Kier molecular flexibility index (Phi) is 10.9. The number of rotatable bonds is 14. The second kappa shape index (κ2) is 14.6. The molecule has 0 spiro atoms. The van der Waals surface area contributed by atoms with Crippen LogP contribution in [0.4, 0.5) is 8.78 Å². The van der Waals surface area contributed by atoms with Crippen LogP contribution in [0.3, 0.4) is 0 Å². The second-order valence-corrected chi connectivity index (χ2v) is 14.5. The van der Waals surface area contributed by atoms with Gasteiger partial charge in [-0.15, -0.1) is 11.8 Å². The number of esters is 1. The fourth-order valence-corrected chi connectivity index (χ4v) is 8.43. The van der Waals surface area contributed by atoms with E-state index in [-0.39, 0.29) is 30.2 Å². The zero-order valence-electron chi connectivity index (χ0n) is 23.5. The molecular formula is C30H31Cl2F2N2O6S2+. The van der Waals surface area contributed by atoms with Gasteiger partial charge in [0.1, 0.15) is 16.1 Å². The Bertz CT molecular complexity index is 1540. The molecule has 8 nitrogen and oxygen atoms in total. The molecule has 14 heteroatoms. The van der Waals surface area contributed by atoms with Gasteiger partial charge in [-0.3, -0.25) is 0 Å². The Morgan fingerprint density at radius 3 is 2.48 bits per heavy atom. The molecule has 0 radical (unpaired) electrons. The third-order valence-electron chi connectivity index (χ3n) is 7.27. The third-order valence-corrected chi connectivity index (χ3v) is 11.1. The van der Waals surface area contributed by atoms with E-state index in [2.05, 4.69) is 9.72 Å². The van der Waals surface area contributed by atoms with Crippen molar-refractivity contribution in [3.8, 4) is 11.5 Å². The van der Waals surface area contributed by atoms with Crippen molar-refractivity contribution in [3.05, 3.63) is 87.7 Å². The van der Waals surface area contributed by atoms with E-state index in [4.69, 9.17) is 32.7 Å².